The zero-order valence-electron chi connectivity index (χ0n) is 13.5. The minimum atomic E-state index is 0.127. The number of likely N-dealkylation sites (tertiary alicyclic amines) is 1. The van der Waals surface area contributed by atoms with Gasteiger partial charge >= 0.3 is 0 Å². The number of hydrogen-bond acceptors (Lipinski definition) is 3. The number of benzene rings is 1. The number of ether oxygens (including phenoxy) is 1. The average molecular weight is 381 g/mol. The molecule has 0 aliphatic carbocycles. The molecule has 23 heavy (non-hydrogen) atoms. The van der Waals surface area contributed by atoms with Crippen molar-refractivity contribution in [1.82, 2.24) is 10.2 Å². The highest BCUT2D eigenvalue weighted by atomic mass is 79.9. The third-order valence-corrected chi connectivity index (χ3v) is 5.29. The highest BCUT2D eigenvalue weighted by Gasteiger charge is 2.27. The highest BCUT2D eigenvalue weighted by molar-refractivity contribution is 9.10. The molecule has 4 nitrogen and oxygen atoms in total. The monoisotopic (exact) mass is 380 g/mol. The molecule has 1 N–H and O–H groups in total. The Bertz CT molecular complexity index is 514. The van der Waals surface area contributed by atoms with E-state index in [1.54, 1.807) is 0 Å². The van der Waals surface area contributed by atoms with Crippen LogP contribution >= 0.6 is 15.9 Å². The van der Waals surface area contributed by atoms with E-state index in [1.165, 1.54) is 5.56 Å². The molecule has 2 fully saturated rings. The standard InChI is InChI=1S/C18H25BrN2O2/c19-16-5-3-14(4-6-16)12-21-9-1-2-15(13-21)18(22)20-17-7-10-23-11-8-17/h3-6,15,17H,1-2,7-13H2,(H,20,22). The van der Waals surface area contributed by atoms with Gasteiger partial charge in [0.05, 0.1) is 5.92 Å². The predicted molar refractivity (Wildman–Crippen MR) is 94.1 cm³/mol. The van der Waals surface area contributed by atoms with E-state index >= 15 is 0 Å². The molecule has 0 aromatic heterocycles. The van der Waals surface area contributed by atoms with E-state index in [2.05, 4.69) is 50.4 Å². The minimum absolute atomic E-state index is 0.127. The van der Waals surface area contributed by atoms with Crippen LogP contribution in [-0.4, -0.2) is 43.2 Å². The zero-order valence-corrected chi connectivity index (χ0v) is 15.1. The Morgan fingerprint density at radius 2 is 1.96 bits per heavy atom. The molecule has 1 unspecified atom stereocenters. The smallest absolute Gasteiger partial charge is 0.224 e. The van der Waals surface area contributed by atoms with E-state index in [0.717, 1.165) is 63.0 Å². The first kappa shape index (κ1) is 16.9. The molecular weight excluding hydrogens is 356 g/mol. The molecule has 5 heteroatoms. The Morgan fingerprint density at radius 3 is 2.70 bits per heavy atom. The van der Waals surface area contributed by atoms with E-state index in [1.807, 2.05) is 0 Å². The summed E-state index contributed by atoms with van der Waals surface area (Å²) in [7, 11) is 0. The normalized spacial score (nSPS) is 23.6. The van der Waals surface area contributed by atoms with Crippen molar-refractivity contribution in [3.8, 4) is 0 Å². The third kappa shape index (κ3) is 5.03. The summed E-state index contributed by atoms with van der Waals surface area (Å²) in [5.41, 5.74) is 1.30. The van der Waals surface area contributed by atoms with Crippen LogP contribution in [0.15, 0.2) is 28.7 Å². The Kier molecular flexibility index (Phi) is 6.08. The van der Waals surface area contributed by atoms with E-state index in [4.69, 9.17) is 4.74 Å². The summed E-state index contributed by atoms with van der Waals surface area (Å²) in [4.78, 5) is 14.9. The van der Waals surface area contributed by atoms with Gasteiger partial charge in [0.15, 0.2) is 0 Å². The molecule has 1 aromatic rings. The molecule has 1 atom stereocenters. The van der Waals surface area contributed by atoms with Crippen molar-refractivity contribution in [2.24, 2.45) is 5.92 Å². The largest absolute Gasteiger partial charge is 0.381 e. The van der Waals surface area contributed by atoms with Crippen LogP contribution in [0.2, 0.25) is 0 Å². The second-order valence-corrected chi connectivity index (χ2v) is 7.51. The molecule has 1 aromatic carbocycles. The van der Waals surface area contributed by atoms with Gasteiger partial charge in [0.25, 0.3) is 0 Å². The van der Waals surface area contributed by atoms with Crippen LogP contribution < -0.4 is 5.32 Å². The second kappa shape index (κ2) is 8.27. The summed E-state index contributed by atoms with van der Waals surface area (Å²) in [6.07, 6.45) is 4.00. The van der Waals surface area contributed by atoms with Gasteiger partial charge in [-0.05, 0) is 49.9 Å². The summed E-state index contributed by atoms with van der Waals surface area (Å²) in [6, 6.07) is 8.76. The molecule has 0 spiro atoms. The molecule has 126 valence electrons. The topological polar surface area (TPSA) is 41.6 Å². The molecule has 2 aliphatic rings. The van der Waals surface area contributed by atoms with Crippen molar-refractivity contribution in [2.45, 2.75) is 38.3 Å². The Hall–Kier alpha value is -0.910. The van der Waals surface area contributed by atoms with Gasteiger partial charge in [-0.25, -0.2) is 0 Å². The van der Waals surface area contributed by atoms with Crippen LogP contribution in [-0.2, 0) is 16.1 Å². The van der Waals surface area contributed by atoms with Crippen LogP contribution in [0.1, 0.15) is 31.2 Å². The summed E-state index contributed by atoms with van der Waals surface area (Å²) in [6.45, 7) is 4.41. The fraction of sp³-hybridized carbons (Fsp3) is 0.611. The van der Waals surface area contributed by atoms with Gasteiger partial charge in [0.1, 0.15) is 0 Å². The number of halogens is 1. The SMILES string of the molecule is O=C(NC1CCOCC1)C1CCCN(Cc2ccc(Br)cc2)C1. The maximum atomic E-state index is 12.5. The number of amides is 1. The van der Waals surface area contributed by atoms with Crippen molar-refractivity contribution in [3.63, 3.8) is 0 Å². The molecule has 2 saturated heterocycles. The molecule has 2 aliphatic heterocycles. The summed E-state index contributed by atoms with van der Waals surface area (Å²) in [5, 5.41) is 3.23. The Morgan fingerprint density at radius 1 is 1.22 bits per heavy atom. The molecule has 1 amide bonds. The Balaban J connectivity index is 1.50. The van der Waals surface area contributed by atoms with Crippen LogP contribution in [0.4, 0.5) is 0 Å². The zero-order chi connectivity index (χ0) is 16.1. The summed E-state index contributed by atoms with van der Waals surface area (Å²) in [5.74, 6) is 0.361. The fourth-order valence-electron chi connectivity index (χ4n) is 3.42. The van der Waals surface area contributed by atoms with Crippen LogP contribution in [0.5, 0.6) is 0 Å². The Labute approximate surface area is 146 Å². The van der Waals surface area contributed by atoms with Gasteiger partial charge < -0.3 is 10.1 Å². The minimum Gasteiger partial charge on any atom is -0.381 e. The average Bonchev–Trinajstić information content (AvgIpc) is 2.58. The van der Waals surface area contributed by atoms with Gasteiger partial charge in [0, 0.05) is 36.8 Å². The highest BCUT2D eigenvalue weighted by Crippen LogP contribution is 2.20. The van der Waals surface area contributed by atoms with Crippen LogP contribution in [0.3, 0.4) is 0 Å². The second-order valence-electron chi connectivity index (χ2n) is 6.60. The number of piperidine rings is 1. The van der Waals surface area contributed by atoms with Gasteiger partial charge in [-0.3, -0.25) is 9.69 Å². The van der Waals surface area contributed by atoms with Crippen LogP contribution in [0.25, 0.3) is 0 Å². The van der Waals surface area contributed by atoms with Crippen molar-refractivity contribution in [3.05, 3.63) is 34.3 Å². The number of hydrogen-bond donors (Lipinski definition) is 1. The number of rotatable bonds is 4. The summed E-state index contributed by atoms with van der Waals surface area (Å²) >= 11 is 3.47. The number of carbonyl (C=O) groups is 1. The van der Waals surface area contributed by atoms with Crippen molar-refractivity contribution in [1.29, 1.82) is 0 Å². The lowest BCUT2D eigenvalue weighted by molar-refractivity contribution is -0.128. The first-order chi connectivity index (χ1) is 11.2. The molecule has 0 saturated carbocycles. The first-order valence-electron chi connectivity index (χ1n) is 8.55. The maximum absolute atomic E-state index is 12.5. The first-order valence-corrected chi connectivity index (χ1v) is 9.35. The fourth-order valence-corrected chi connectivity index (χ4v) is 3.69. The lowest BCUT2D eigenvalue weighted by Gasteiger charge is -2.33. The molecule has 0 bridgehead atoms. The van der Waals surface area contributed by atoms with E-state index < -0.39 is 0 Å². The molecule has 2 heterocycles. The van der Waals surface area contributed by atoms with Crippen molar-refractivity contribution >= 4 is 21.8 Å². The third-order valence-electron chi connectivity index (χ3n) is 4.76. The van der Waals surface area contributed by atoms with Crippen molar-refractivity contribution < 1.29 is 9.53 Å². The van der Waals surface area contributed by atoms with Crippen LogP contribution in [0, 0.1) is 5.92 Å². The lowest BCUT2D eigenvalue weighted by atomic mass is 9.95. The summed E-state index contributed by atoms with van der Waals surface area (Å²) < 4.78 is 6.46. The van der Waals surface area contributed by atoms with E-state index in [9.17, 15) is 4.79 Å². The number of nitrogens with zero attached hydrogens (tertiary/aromatic N) is 1. The van der Waals surface area contributed by atoms with Gasteiger partial charge in [-0.1, -0.05) is 28.1 Å². The molecule has 3 rings (SSSR count). The van der Waals surface area contributed by atoms with Crippen molar-refractivity contribution in [2.75, 3.05) is 26.3 Å². The van der Waals surface area contributed by atoms with Gasteiger partial charge in [-0.15, -0.1) is 0 Å². The van der Waals surface area contributed by atoms with Gasteiger partial charge in [-0.2, -0.15) is 0 Å². The van der Waals surface area contributed by atoms with Gasteiger partial charge in [0.2, 0.25) is 5.91 Å². The van der Waals surface area contributed by atoms with E-state index in [-0.39, 0.29) is 11.8 Å². The molecular formula is C18H25BrN2O2. The van der Waals surface area contributed by atoms with E-state index in [0.29, 0.717) is 6.04 Å². The predicted octanol–water partition coefficient (Wildman–Crippen LogP) is 2.96. The molecule has 0 radical (unpaired) electrons. The maximum Gasteiger partial charge on any atom is 0.224 e. The number of nitrogens with one attached hydrogen (secondary N) is 1. The lowest BCUT2D eigenvalue weighted by Crippen LogP contribution is -2.47. The number of carbonyl (C=O) groups excluding carboxylic acids is 1. The quantitative estimate of drug-likeness (QED) is 0.872.